The lowest BCUT2D eigenvalue weighted by atomic mass is 10.2. The van der Waals surface area contributed by atoms with E-state index in [0.717, 1.165) is 50.8 Å². The predicted octanol–water partition coefficient (Wildman–Crippen LogP) is 3.90. The Kier molecular flexibility index (Phi) is 5.65. The molecule has 1 saturated heterocycles. The van der Waals surface area contributed by atoms with E-state index in [1.807, 2.05) is 18.3 Å². The van der Waals surface area contributed by atoms with Gasteiger partial charge in [-0.1, -0.05) is 6.07 Å². The van der Waals surface area contributed by atoms with Gasteiger partial charge in [0.2, 0.25) is 0 Å². The zero-order valence-corrected chi connectivity index (χ0v) is 16.0. The molecule has 0 radical (unpaired) electrons. The molecule has 2 aromatic heterocycles. The number of pyridine rings is 1. The Balaban J connectivity index is 1.32. The van der Waals surface area contributed by atoms with E-state index in [1.165, 1.54) is 22.6 Å². The van der Waals surface area contributed by atoms with Crippen LogP contribution >= 0.6 is 11.3 Å². The summed E-state index contributed by atoms with van der Waals surface area (Å²) in [6, 6.07) is 15.2. The number of hydrogen-bond donors (Lipinski definition) is 1. The number of piperazine rings is 1. The van der Waals surface area contributed by atoms with Gasteiger partial charge in [-0.2, -0.15) is 0 Å². The summed E-state index contributed by atoms with van der Waals surface area (Å²) in [5.74, 6) is 0.843. The highest BCUT2D eigenvalue weighted by atomic mass is 32.1. The van der Waals surface area contributed by atoms with Gasteiger partial charge >= 0.3 is 0 Å². The molecule has 1 N–H and O–H groups in total. The fraction of sp³-hybridized carbons (Fsp3) is 0.286. The number of aromatic nitrogens is 1. The van der Waals surface area contributed by atoms with Gasteiger partial charge in [-0.25, -0.2) is 9.37 Å². The minimum Gasteiger partial charge on any atom is -0.368 e. The Hall–Kier alpha value is -2.44. The monoisotopic (exact) mass is 382 g/mol. The number of rotatable bonds is 6. The van der Waals surface area contributed by atoms with Gasteiger partial charge in [0.05, 0.1) is 0 Å². The van der Waals surface area contributed by atoms with E-state index in [-0.39, 0.29) is 5.82 Å². The molecule has 0 amide bonds. The van der Waals surface area contributed by atoms with Crippen LogP contribution in [0.2, 0.25) is 0 Å². The number of benzene rings is 1. The number of thiophene rings is 1. The highest BCUT2D eigenvalue weighted by Crippen LogP contribution is 2.20. The van der Waals surface area contributed by atoms with Crippen molar-refractivity contribution in [3.8, 4) is 0 Å². The Bertz CT molecular complexity index is 843. The van der Waals surface area contributed by atoms with E-state index in [9.17, 15) is 4.39 Å². The third kappa shape index (κ3) is 4.64. The van der Waals surface area contributed by atoms with Crippen molar-refractivity contribution in [1.82, 2.24) is 10.3 Å². The highest BCUT2D eigenvalue weighted by molar-refractivity contribution is 7.09. The number of nitrogens with zero attached hydrogens (tertiary/aromatic N) is 3. The molecular weight excluding hydrogens is 359 g/mol. The van der Waals surface area contributed by atoms with Crippen molar-refractivity contribution in [2.45, 2.75) is 13.1 Å². The molecule has 1 aromatic carbocycles. The van der Waals surface area contributed by atoms with E-state index in [0.29, 0.717) is 0 Å². The number of anilines is 2. The molecule has 0 bridgehead atoms. The first kappa shape index (κ1) is 17.9. The Morgan fingerprint density at radius 2 is 1.74 bits per heavy atom. The van der Waals surface area contributed by atoms with E-state index in [2.05, 4.69) is 49.7 Å². The van der Waals surface area contributed by atoms with E-state index in [1.54, 1.807) is 11.3 Å². The Morgan fingerprint density at radius 3 is 2.48 bits per heavy atom. The Labute approximate surface area is 163 Å². The second-order valence-electron chi connectivity index (χ2n) is 6.66. The lowest BCUT2D eigenvalue weighted by Crippen LogP contribution is -2.46. The average Bonchev–Trinajstić information content (AvgIpc) is 3.23. The molecule has 0 saturated carbocycles. The fourth-order valence-corrected chi connectivity index (χ4v) is 4.01. The van der Waals surface area contributed by atoms with Crippen molar-refractivity contribution in [1.29, 1.82) is 0 Å². The van der Waals surface area contributed by atoms with Crippen LogP contribution in [0.1, 0.15) is 10.4 Å². The summed E-state index contributed by atoms with van der Waals surface area (Å²) >= 11 is 1.77. The summed E-state index contributed by atoms with van der Waals surface area (Å²) in [4.78, 5) is 10.5. The van der Waals surface area contributed by atoms with Crippen LogP contribution in [0.3, 0.4) is 0 Å². The van der Waals surface area contributed by atoms with Gasteiger partial charge in [-0.05, 0) is 53.4 Å². The topological polar surface area (TPSA) is 31.4 Å². The van der Waals surface area contributed by atoms with Crippen molar-refractivity contribution in [2.75, 3.05) is 36.0 Å². The molecule has 1 aliphatic rings. The number of nitrogens with one attached hydrogen (secondary N) is 1. The van der Waals surface area contributed by atoms with Crippen LogP contribution in [0, 0.1) is 5.82 Å². The van der Waals surface area contributed by atoms with Crippen molar-refractivity contribution in [3.63, 3.8) is 0 Å². The molecule has 0 unspecified atom stereocenters. The zero-order valence-electron chi connectivity index (χ0n) is 15.1. The summed E-state index contributed by atoms with van der Waals surface area (Å²) in [5, 5.41) is 5.60. The molecule has 4 rings (SSSR count). The third-order valence-electron chi connectivity index (χ3n) is 4.81. The maximum absolute atomic E-state index is 13.1. The van der Waals surface area contributed by atoms with Crippen LogP contribution in [0.5, 0.6) is 0 Å². The molecule has 0 atom stereocenters. The summed E-state index contributed by atoms with van der Waals surface area (Å²) in [7, 11) is 0. The van der Waals surface area contributed by atoms with Crippen LogP contribution in [0.25, 0.3) is 0 Å². The summed E-state index contributed by atoms with van der Waals surface area (Å²) in [5.41, 5.74) is 2.33. The molecule has 1 fully saturated rings. The van der Waals surface area contributed by atoms with Gasteiger partial charge in [-0.3, -0.25) is 0 Å². The van der Waals surface area contributed by atoms with E-state index < -0.39 is 0 Å². The highest BCUT2D eigenvalue weighted by Gasteiger charge is 2.18. The van der Waals surface area contributed by atoms with Gasteiger partial charge in [-0.15, -0.1) is 11.3 Å². The molecule has 6 heteroatoms. The molecular formula is C21H23FN4S. The van der Waals surface area contributed by atoms with Gasteiger partial charge in [0.15, 0.2) is 0 Å². The molecule has 27 heavy (non-hydrogen) atoms. The fourth-order valence-electron chi connectivity index (χ4n) is 3.33. The third-order valence-corrected chi connectivity index (χ3v) is 5.69. The maximum atomic E-state index is 13.1. The molecule has 4 nitrogen and oxygen atoms in total. The second kappa shape index (κ2) is 8.50. The van der Waals surface area contributed by atoms with Crippen LogP contribution in [0.4, 0.5) is 15.9 Å². The van der Waals surface area contributed by atoms with E-state index in [4.69, 9.17) is 0 Å². The van der Waals surface area contributed by atoms with Crippen molar-refractivity contribution < 1.29 is 4.39 Å². The normalized spacial score (nSPS) is 14.6. The maximum Gasteiger partial charge on any atom is 0.128 e. The lowest BCUT2D eigenvalue weighted by molar-refractivity contribution is 0.624. The van der Waals surface area contributed by atoms with E-state index >= 15 is 0 Å². The summed E-state index contributed by atoms with van der Waals surface area (Å²) < 4.78 is 13.1. The smallest absolute Gasteiger partial charge is 0.128 e. The van der Waals surface area contributed by atoms with Gasteiger partial charge in [0.1, 0.15) is 11.6 Å². The first-order valence-electron chi connectivity index (χ1n) is 9.21. The van der Waals surface area contributed by atoms with Crippen LogP contribution in [0.15, 0.2) is 60.1 Å². The first-order valence-corrected chi connectivity index (χ1v) is 10.1. The lowest BCUT2D eigenvalue weighted by Gasteiger charge is -2.36. The molecule has 0 aliphatic carbocycles. The minimum atomic E-state index is -0.189. The summed E-state index contributed by atoms with van der Waals surface area (Å²) in [6.45, 7) is 5.38. The molecule has 1 aliphatic heterocycles. The second-order valence-corrected chi connectivity index (χ2v) is 7.69. The van der Waals surface area contributed by atoms with Crippen molar-refractivity contribution in [2.24, 2.45) is 0 Å². The van der Waals surface area contributed by atoms with Crippen molar-refractivity contribution >= 4 is 22.8 Å². The zero-order chi connectivity index (χ0) is 18.5. The largest absolute Gasteiger partial charge is 0.368 e. The SMILES string of the molecule is Fc1ccc(N2CCN(c3cc(CNCc4cccs4)ccn3)CC2)cc1. The number of hydrogen-bond acceptors (Lipinski definition) is 5. The van der Waals surface area contributed by atoms with Crippen LogP contribution < -0.4 is 15.1 Å². The standard InChI is InChI=1S/C21H23FN4S/c22-18-3-5-19(6-4-18)25-9-11-26(12-10-25)21-14-17(7-8-24-21)15-23-16-20-2-1-13-27-20/h1-8,13-14,23H,9-12,15-16H2. The Morgan fingerprint density at radius 1 is 0.963 bits per heavy atom. The molecule has 140 valence electrons. The van der Waals surface area contributed by atoms with Crippen molar-refractivity contribution in [3.05, 3.63) is 76.4 Å². The van der Waals surface area contributed by atoms with Gasteiger partial charge in [0, 0.05) is 56.0 Å². The first-order chi connectivity index (χ1) is 13.3. The number of halogens is 1. The van der Waals surface area contributed by atoms with Gasteiger partial charge < -0.3 is 15.1 Å². The molecule has 3 aromatic rings. The van der Waals surface area contributed by atoms with Crippen LogP contribution in [-0.2, 0) is 13.1 Å². The molecule has 0 spiro atoms. The molecule has 3 heterocycles. The van der Waals surface area contributed by atoms with Gasteiger partial charge in [0.25, 0.3) is 0 Å². The quantitative estimate of drug-likeness (QED) is 0.701. The average molecular weight is 383 g/mol. The van der Waals surface area contributed by atoms with Crippen LogP contribution in [-0.4, -0.2) is 31.2 Å². The predicted molar refractivity (Wildman–Crippen MR) is 110 cm³/mol. The summed E-state index contributed by atoms with van der Waals surface area (Å²) in [6.07, 6.45) is 1.89. The minimum absolute atomic E-state index is 0.189.